The molecule has 0 aliphatic carbocycles. The number of carboxylic acid groups (broad SMARTS) is 1. The second-order valence-electron chi connectivity index (χ2n) is 4.43. The summed E-state index contributed by atoms with van der Waals surface area (Å²) >= 11 is 1.46. The Morgan fingerprint density at radius 2 is 2.00 bits per heavy atom. The molecule has 1 fully saturated rings. The van der Waals surface area contributed by atoms with E-state index in [0.717, 1.165) is 0 Å². The molecule has 0 radical (unpaired) electrons. The van der Waals surface area contributed by atoms with E-state index in [2.05, 4.69) is 0 Å². The lowest BCUT2D eigenvalue weighted by molar-refractivity contribution is -0.140. The Kier molecular flexibility index (Phi) is 7.71. The van der Waals surface area contributed by atoms with Gasteiger partial charge in [-0.1, -0.05) is 0 Å². The molecule has 0 spiro atoms. The van der Waals surface area contributed by atoms with Gasteiger partial charge in [0, 0.05) is 39.7 Å². The highest BCUT2D eigenvalue weighted by Crippen LogP contribution is 2.22. The molecule has 1 aliphatic rings. The second kappa shape index (κ2) is 9.04. The first-order chi connectivity index (χ1) is 9.61. The molecule has 0 aromatic heterocycles. The van der Waals surface area contributed by atoms with Crippen molar-refractivity contribution in [2.45, 2.75) is 12.5 Å². The highest BCUT2D eigenvalue weighted by molar-refractivity contribution is 7.99. The Balaban J connectivity index is 2.62. The van der Waals surface area contributed by atoms with E-state index in [-0.39, 0.29) is 6.03 Å². The van der Waals surface area contributed by atoms with E-state index in [4.69, 9.17) is 14.6 Å². The highest BCUT2D eigenvalue weighted by atomic mass is 32.2. The van der Waals surface area contributed by atoms with E-state index < -0.39 is 12.0 Å². The van der Waals surface area contributed by atoms with Crippen LogP contribution >= 0.6 is 11.8 Å². The minimum absolute atomic E-state index is 0.240. The zero-order chi connectivity index (χ0) is 15.0. The monoisotopic (exact) mass is 306 g/mol. The molecule has 116 valence electrons. The molecule has 7 nitrogen and oxygen atoms in total. The fourth-order valence-electron chi connectivity index (χ4n) is 1.92. The smallest absolute Gasteiger partial charge is 0.327 e. The highest BCUT2D eigenvalue weighted by Gasteiger charge is 2.36. The predicted octanol–water partition coefficient (Wildman–Crippen LogP) is 0.551. The van der Waals surface area contributed by atoms with E-state index in [0.29, 0.717) is 44.4 Å². The summed E-state index contributed by atoms with van der Waals surface area (Å²) in [5, 5.41) is 9.13. The number of thioether (sulfide) groups is 1. The Labute approximate surface area is 123 Å². The number of aliphatic carboxylic acids is 1. The molecule has 1 rings (SSSR count). The van der Waals surface area contributed by atoms with E-state index in [1.807, 2.05) is 0 Å². The molecular formula is C12H22N2O5S. The van der Waals surface area contributed by atoms with E-state index in [1.54, 1.807) is 19.1 Å². The van der Waals surface area contributed by atoms with Crippen LogP contribution in [0.4, 0.5) is 4.79 Å². The van der Waals surface area contributed by atoms with Crippen LogP contribution in [-0.4, -0.2) is 85.1 Å². The Hall–Kier alpha value is -0.990. The summed E-state index contributed by atoms with van der Waals surface area (Å²) in [6.45, 7) is 1.97. The standard InChI is InChI=1S/C12H22N2O5S/c1-18-6-3-4-13(5-7-19-2)12(17)14-9-20-8-10(14)11(15)16/h10H,3-9H2,1-2H3,(H,15,16). The summed E-state index contributed by atoms with van der Waals surface area (Å²) in [6, 6.07) is -0.976. The summed E-state index contributed by atoms with van der Waals surface area (Å²) in [5.41, 5.74) is 0. The summed E-state index contributed by atoms with van der Waals surface area (Å²) < 4.78 is 9.98. The van der Waals surface area contributed by atoms with E-state index >= 15 is 0 Å². The topological polar surface area (TPSA) is 79.3 Å². The fourth-order valence-corrected chi connectivity index (χ4v) is 3.06. The van der Waals surface area contributed by atoms with Gasteiger partial charge in [-0.2, -0.15) is 0 Å². The van der Waals surface area contributed by atoms with Gasteiger partial charge >= 0.3 is 12.0 Å². The van der Waals surface area contributed by atoms with Crippen LogP contribution in [-0.2, 0) is 14.3 Å². The molecule has 8 heteroatoms. The lowest BCUT2D eigenvalue weighted by Crippen LogP contribution is -2.49. The number of amides is 2. The molecule has 20 heavy (non-hydrogen) atoms. The molecule has 0 aromatic carbocycles. The maximum atomic E-state index is 12.4. The van der Waals surface area contributed by atoms with Crippen LogP contribution in [0.5, 0.6) is 0 Å². The first-order valence-corrected chi connectivity index (χ1v) is 7.61. The van der Waals surface area contributed by atoms with Gasteiger partial charge in [-0.25, -0.2) is 9.59 Å². The Morgan fingerprint density at radius 3 is 2.60 bits per heavy atom. The van der Waals surface area contributed by atoms with Gasteiger partial charge in [0.2, 0.25) is 0 Å². The second-order valence-corrected chi connectivity index (χ2v) is 5.43. The van der Waals surface area contributed by atoms with Gasteiger partial charge in [-0.15, -0.1) is 11.8 Å². The zero-order valence-electron chi connectivity index (χ0n) is 11.9. The molecule has 0 saturated carbocycles. The van der Waals surface area contributed by atoms with Gasteiger partial charge in [0.15, 0.2) is 0 Å². The number of nitrogens with zero attached hydrogens (tertiary/aromatic N) is 2. The molecule has 1 atom stereocenters. The molecule has 1 unspecified atom stereocenters. The maximum absolute atomic E-state index is 12.4. The molecule has 1 saturated heterocycles. The van der Waals surface area contributed by atoms with Crippen molar-refractivity contribution < 1.29 is 24.2 Å². The minimum atomic E-state index is -0.952. The number of methoxy groups -OCH3 is 2. The van der Waals surface area contributed by atoms with Crippen molar-refractivity contribution in [3.63, 3.8) is 0 Å². The first kappa shape index (κ1) is 17.1. The maximum Gasteiger partial charge on any atom is 0.327 e. The SMILES string of the molecule is COCCCN(CCOC)C(=O)N1CSCC1C(=O)O. The van der Waals surface area contributed by atoms with Crippen LogP contribution in [0.2, 0.25) is 0 Å². The summed E-state index contributed by atoms with van der Waals surface area (Å²) in [7, 11) is 3.18. The average molecular weight is 306 g/mol. The van der Waals surface area contributed by atoms with Gasteiger partial charge in [-0.3, -0.25) is 0 Å². The Bertz CT molecular complexity index is 329. The number of hydrogen-bond acceptors (Lipinski definition) is 5. The predicted molar refractivity (Wildman–Crippen MR) is 75.9 cm³/mol. The number of carbonyl (C=O) groups is 2. The van der Waals surface area contributed by atoms with Gasteiger partial charge < -0.3 is 24.4 Å². The van der Waals surface area contributed by atoms with Crippen LogP contribution in [0.25, 0.3) is 0 Å². The zero-order valence-corrected chi connectivity index (χ0v) is 12.7. The molecule has 1 aliphatic heterocycles. The van der Waals surface area contributed by atoms with Crippen molar-refractivity contribution in [3.05, 3.63) is 0 Å². The number of carboxylic acids is 1. The van der Waals surface area contributed by atoms with Crippen molar-refractivity contribution in [1.29, 1.82) is 0 Å². The average Bonchev–Trinajstić information content (AvgIpc) is 2.91. The van der Waals surface area contributed by atoms with Gasteiger partial charge in [0.1, 0.15) is 6.04 Å². The summed E-state index contributed by atoms with van der Waals surface area (Å²) in [5.74, 6) is -0.0900. The first-order valence-electron chi connectivity index (χ1n) is 6.45. The quantitative estimate of drug-likeness (QED) is 0.660. The number of carbonyl (C=O) groups excluding carboxylic acids is 1. The van der Waals surface area contributed by atoms with Crippen molar-refractivity contribution in [1.82, 2.24) is 9.80 Å². The molecular weight excluding hydrogens is 284 g/mol. The van der Waals surface area contributed by atoms with Crippen molar-refractivity contribution in [3.8, 4) is 0 Å². The third-order valence-corrected chi connectivity index (χ3v) is 4.04. The van der Waals surface area contributed by atoms with Crippen LogP contribution in [0, 0.1) is 0 Å². The molecule has 1 heterocycles. The summed E-state index contributed by atoms with van der Waals surface area (Å²) in [6.07, 6.45) is 0.713. The summed E-state index contributed by atoms with van der Waals surface area (Å²) in [4.78, 5) is 26.6. The van der Waals surface area contributed by atoms with E-state index in [9.17, 15) is 9.59 Å². The van der Waals surface area contributed by atoms with Crippen molar-refractivity contribution >= 4 is 23.8 Å². The Morgan fingerprint density at radius 1 is 1.30 bits per heavy atom. The van der Waals surface area contributed by atoms with Gasteiger partial charge in [-0.05, 0) is 6.42 Å². The number of urea groups is 1. The van der Waals surface area contributed by atoms with Crippen molar-refractivity contribution in [2.75, 3.05) is 52.2 Å². The third kappa shape index (κ3) is 4.84. The molecule has 0 bridgehead atoms. The van der Waals surface area contributed by atoms with Crippen LogP contribution < -0.4 is 0 Å². The van der Waals surface area contributed by atoms with Crippen LogP contribution in [0.15, 0.2) is 0 Å². The van der Waals surface area contributed by atoms with Crippen LogP contribution in [0.3, 0.4) is 0 Å². The number of hydrogen-bond donors (Lipinski definition) is 1. The van der Waals surface area contributed by atoms with E-state index in [1.165, 1.54) is 16.7 Å². The van der Waals surface area contributed by atoms with Crippen LogP contribution in [0.1, 0.15) is 6.42 Å². The fraction of sp³-hybridized carbons (Fsp3) is 0.833. The third-order valence-electron chi connectivity index (χ3n) is 3.03. The van der Waals surface area contributed by atoms with Crippen molar-refractivity contribution in [2.24, 2.45) is 0 Å². The normalized spacial score (nSPS) is 18.3. The molecule has 2 amide bonds. The van der Waals surface area contributed by atoms with Gasteiger partial charge in [0.05, 0.1) is 12.5 Å². The number of ether oxygens (including phenoxy) is 2. The lowest BCUT2D eigenvalue weighted by atomic mass is 10.3. The molecule has 1 N–H and O–H groups in total. The largest absolute Gasteiger partial charge is 0.480 e. The number of rotatable bonds is 8. The van der Waals surface area contributed by atoms with Gasteiger partial charge in [0.25, 0.3) is 0 Å². The minimum Gasteiger partial charge on any atom is -0.480 e. The molecule has 0 aromatic rings. The lowest BCUT2D eigenvalue weighted by Gasteiger charge is -2.29.